The molecule has 1 N–H and O–H groups in total. The number of rotatable bonds is 4. The lowest BCUT2D eigenvalue weighted by Crippen LogP contribution is -2.02. The molecule has 76 valence electrons. The molecule has 0 bridgehead atoms. The van der Waals surface area contributed by atoms with Crippen molar-refractivity contribution in [2.45, 2.75) is 0 Å². The molecule has 0 heterocycles. The second-order valence-corrected chi connectivity index (χ2v) is 2.84. The van der Waals surface area contributed by atoms with Crippen LogP contribution in [-0.2, 0) is 0 Å². The van der Waals surface area contributed by atoms with Gasteiger partial charge in [-0.05, 0) is 12.1 Å². The van der Waals surface area contributed by atoms with Gasteiger partial charge in [-0.2, -0.15) is 0 Å². The predicted molar refractivity (Wildman–Crippen MR) is 49.9 cm³/mol. The van der Waals surface area contributed by atoms with Crippen LogP contribution >= 0.6 is 11.6 Å². The van der Waals surface area contributed by atoms with Crippen LogP contribution < -0.4 is 4.74 Å². The average Bonchev–Trinajstić information content (AvgIpc) is 2.16. The molecule has 0 saturated carbocycles. The molecule has 0 saturated heterocycles. The third kappa shape index (κ3) is 2.35. The molecular weight excluding hydrogens is 211 g/mol. The van der Waals surface area contributed by atoms with E-state index in [1.165, 1.54) is 18.2 Å². The molecule has 1 aromatic carbocycles. The fraction of sp³-hybridized carbons (Fsp3) is 0.222. The molecule has 0 aliphatic heterocycles. The number of aromatic carboxylic acids is 1. The van der Waals surface area contributed by atoms with Crippen molar-refractivity contribution in [3.8, 4) is 5.75 Å². The third-order valence-electron chi connectivity index (χ3n) is 1.53. The van der Waals surface area contributed by atoms with Crippen LogP contribution in [0.4, 0.5) is 4.39 Å². The number of benzene rings is 1. The van der Waals surface area contributed by atoms with Crippen molar-refractivity contribution in [3.05, 3.63) is 28.8 Å². The van der Waals surface area contributed by atoms with Gasteiger partial charge in [0, 0.05) is 0 Å². The Labute approximate surface area is 85.1 Å². The second-order valence-electron chi connectivity index (χ2n) is 2.46. The number of hydrogen-bond donors (Lipinski definition) is 1. The van der Waals surface area contributed by atoms with Gasteiger partial charge < -0.3 is 9.84 Å². The van der Waals surface area contributed by atoms with E-state index in [1.54, 1.807) is 0 Å². The summed E-state index contributed by atoms with van der Waals surface area (Å²) in [4.78, 5) is 10.6. The van der Waals surface area contributed by atoms with Gasteiger partial charge >= 0.3 is 5.97 Å². The van der Waals surface area contributed by atoms with E-state index in [-0.39, 0.29) is 22.9 Å². The van der Waals surface area contributed by atoms with Crippen LogP contribution in [0.25, 0.3) is 0 Å². The highest BCUT2D eigenvalue weighted by atomic mass is 35.5. The Morgan fingerprint density at radius 2 is 2.29 bits per heavy atom. The van der Waals surface area contributed by atoms with Crippen LogP contribution in [-0.4, -0.2) is 24.4 Å². The number of carboxylic acids is 1. The zero-order valence-corrected chi connectivity index (χ0v) is 7.92. The molecule has 0 unspecified atom stereocenters. The van der Waals surface area contributed by atoms with Crippen molar-refractivity contribution in [1.29, 1.82) is 0 Å². The zero-order valence-electron chi connectivity index (χ0n) is 7.17. The Bertz CT molecular complexity index is 341. The number of halogens is 2. The van der Waals surface area contributed by atoms with E-state index in [2.05, 4.69) is 0 Å². The van der Waals surface area contributed by atoms with E-state index < -0.39 is 12.6 Å². The standard InChI is InChI=1S/C9H8ClFO3/c10-8-6(9(12)13)2-1-3-7(8)14-5-4-11/h1-3H,4-5H2,(H,12,13). The van der Waals surface area contributed by atoms with Crippen molar-refractivity contribution < 1.29 is 19.0 Å². The van der Waals surface area contributed by atoms with Gasteiger partial charge in [0.15, 0.2) is 0 Å². The van der Waals surface area contributed by atoms with Crippen molar-refractivity contribution in [2.24, 2.45) is 0 Å². The van der Waals surface area contributed by atoms with Crippen molar-refractivity contribution in [2.75, 3.05) is 13.3 Å². The summed E-state index contributed by atoms with van der Waals surface area (Å²) in [6.45, 7) is -0.781. The maximum atomic E-state index is 11.8. The summed E-state index contributed by atoms with van der Waals surface area (Å²) < 4.78 is 16.7. The monoisotopic (exact) mass is 218 g/mol. The van der Waals surface area contributed by atoms with Gasteiger partial charge in [-0.3, -0.25) is 0 Å². The highest BCUT2D eigenvalue weighted by molar-refractivity contribution is 6.34. The molecule has 0 radical (unpaired) electrons. The molecule has 0 spiro atoms. The Morgan fingerprint density at radius 3 is 2.86 bits per heavy atom. The highest BCUT2D eigenvalue weighted by Crippen LogP contribution is 2.27. The lowest BCUT2D eigenvalue weighted by Gasteiger charge is -2.07. The van der Waals surface area contributed by atoms with Crippen molar-refractivity contribution in [3.63, 3.8) is 0 Å². The number of hydrogen-bond acceptors (Lipinski definition) is 2. The normalized spacial score (nSPS) is 9.86. The molecule has 1 aromatic rings. The first kappa shape index (κ1) is 10.8. The summed E-state index contributed by atoms with van der Waals surface area (Å²) in [5.74, 6) is -0.954. The van der Waals surface area contributed by atoms with Crippen LogP contribution in [0.1, 0.15) is 10.4 Å². The van der Waals surface area contributed by atoms with Crippen LogP contribution in [0.5, 0.6) is 5.75 Å². The highest BCUT2D eigenvalue weighted by Gasteiger charge is 2.12. The first-order chi connectivity index (χ1) is 6.66. The number of ether oxygens (including phenoxy) is 1. The van der Waals surface area contributed by atoms with Gasteiger partial charge in [0.25, 0.3) is 0 Å². The molecule has 0 aliphatic rings. The fourth-order valence-electron chi connectivity index (χ4n) is 0.936. The van der Waals surface area contributed by atoms with E-state index >= 15 is 0 Å². The topological polar surface area (TPSA) is 46.5 Å². The summed E-state index contributed by atoms with van der Waals surface area (Å²) in [5, 5.41) is 8.70. The van der Waals surface area contributed by atoms with E-state index in [0.29, 0.717) is 0 Å². The molecule has 5 heteroatoms. The van der Waals surface area contributed by atoms with E-state index in [1.807, 2.05) is 0 Å². The molecule has 0 aliphatic carbocycles. The van der Waals surface area contributed by atoms with Crippen LogP contribution in [0.15, 0.2) is 18.2 Å². The van der Waals surface area contributed by atoms with E-state index in [9.17, 15) is 9.18 Å². The minimum atomic E-state index is -1.14. The summed E-state index contributed by atoms with van der Waals surface area (Å²) in [6, 6.07) is 4.33. The summed E-state index contributed by atoms with van der Waals surface area (Å²) in [7, 11) is 0. The van der Waals surface area contributed by atoms with E-state index in [0.717, 1.165) is 0 Å². The van der Waals surface area contributed by atoms with Gasteiger partial charge in [-0.15, -0.1) is 0 Å². The number of alkyl halides is 1. The Kier molecular flexibility index (Phi) is 3.71. The molecule has 3 nitrogen and oxygen atoms in total. The number of carbonyl (C=O) groups is 1. The molecule has 0 atom stereocenters. The molecule has 1 rings (SSSR count). The van der Waals surface area contributed by atoms with Crippen molar-refractivity contribution >= 4 is 17.6 Å². The Balaban J connectivity index is 2.95. The largest absolute Gasteiger partial charge is 0.489 e. The second kappa shape index (κ2) is 4.81. The van der Waals surface area contributed by atoms with Gasteiger partial charge in [0.2, 0.25) is 0 Å². The van der Waals surface area contributed by atoms with Gasteiger partial charge in [-0.25, -0.2) is 9.18 Å². The minimum absolute atomic E-state index is 0.00606. The molecule has 0 fully saturated rings. The van der Waals surface area contributed by atoms with Crippen LogP contribution in [0, 0.1) is 0 Å². The molecular formula is C9H8ClFO3. The lowest BCUT2D eigenvalue weighted by atomic mass is 10.2. The predicted octanol–water partition coefficient (Wildman–Crippen LogP) is 2.39. The Morgan fingerprint density at radius 1 is 1.57 bits per heavy atom. The van der Waals surface area contributed by atoms with Crippen LogP contribution in [0.3, 0.4) is 0 Å². The molecule has 0 aromatic heterocycles. The molecule has 14 heavy (non-hydrogen) atoms. The first-order valence-corrected chi connectivity index (χ1v) is 4.25. The maximum Gasteiger partial charge on any atom is 0.337 e. The van der Waals surface area contributed by atoms with Gasteiger partial charge in [0.1, 0.15) is 19.0 Å². The quantitative estimate of drug-likeness (QED) is 0.844. The van der Waals surface area contributed by atoms with Gasteiger partial charge in [-0.1, -0.05) is 17.7 Å². The lowest BCUT2D eigenvalue weighted by molar-refractivity contribution is 0.0696. The zero-order chi connectivity index (χ0) is 10.6. The van der Waals surface area contributed by atoms with Crippen LogP contribution in [0.2, 0.25) is 5.02 Å². The van der Waals surface area contributed by atoms with Gasteiger partial charge in [0.05, 0.1) is 10.6 Å². The number of carboxylic acid groups (broad SMARTS) is 1. The average molecular weight is 219 g/mol. The minimum Gasteiger partial charge on any atom is -0.489 e. The Hall–Kier alpha value is -1.29. The third-order valence-corrected chi connectivity index (χ3v) is 1.92. The maximum absolute atomic E-state index is 11.8. The fourth-order valence-corrected chi connectivity index (χ4v) is 1.20. The van der Waals surface area contributed by atoms with Crippen molar-refractivity contribution in [1.82, 2.24) is 0 Å². The summed E-state index contributed by atoms with van der Waals surface area (Å²) in [6.07, 6.45) is 0. The smallest absolute Gasteiger partial charge is 0.337 e. The molecule has 0 amide bonds. The first-order valence-electron chi connectivity index (χ1n) is 3.87. The summed E-state index contributed by atoms with van der Waals surface area (Å²) in [5.41, 5.74) is -0.0528. The SMILES string of the molecule is O=C(O)c1cccc(OCCF)c1Cl. The summed E-state index contributed by atoms with van der Waals surface area (Å²) >= 11 is 5.71. The van der Waals surface area contributed by atoms with E-state index in [4.69, 9.17) is 21.4 Å².